The van der Waals surface area contributed by atoms with E-state index in [9.17, 15) is 4.79 Å². The van der Waals surface area contributed by atoms with E-state index in [4.69, 9.17) is 5.41 Å². The molecular weight excluding hydrogens is 330 g/mol. The Labute approximate surface area is 150 Å². The van der Waals surface area contributed by atoms with Gasteiger partial charge in [0.2, 0.25) is 0 Å². The number of carbonyl (C=O) groups excluding carboxylic acids is 1. The zero-order chi connectivity index (χ0) is 17.4. The van der Waals surface area contributed by atoms with E-state index in [2.05, 4.69) is 39.9 Å². The van der Waals surface area contributed by atoms with Gasteiger partial charge in [0.25, 0.3) is 0 Å². The largest absolute Gasteiger partial charge is 0.364 e. The Morgan fingerprint density at radius 1 is 1.28 bits per heavy atom. The molecule has 0 aliphatic carbocycles. The predicted octanol–water partition coefficient (Wildman–Crippen LogP) is 3.91. The molecule has 0 amide bonds. The number of carbonyl (C=O) groups is 1. The molecule has 25 heavy (non-hydrogen) atoms. The number of nitrogens with one attached hydrogen (secondary N) is 2. The molecule has 3 aromatic rings. The Morgan fingerprint density at radius 2 is 2.08 bits per heavy atom. The molecule has 4 nitrogen and oxygen atoms in total. The average molecular weight is 349 g/mol. The molecule has 1 saturated heterocycles. The highest BCUT2D eigenvalue weighted by atomic mass is 32.1. The summed E-state index contributed by atoms with van der Waals surface area (Å²) in [5.41, 5.74) is 1.56. The number of amidine groups is 1. The zero-order valence-corrected chi connectivity index (χ0v) is 14.8. The van der Waals surface area contributed by atoms with Gasteiger partial charge in [0.15, 0.2) is 0 Å². The molecule has 126 valence electrons. The number of hydrogen-bond donors (Lipinski definition) is 2. The molecule has 2 aromatic heterocycles. The van der Waals surface area contributed by atoms with Gasteiger partial charge in [-0.1, -0.05) is 6.07 Å². The Morgan fingerprint density at radius 3 is 2.84 bits per heavy atom. The van der Waals surface area contributed by atoms with Crippen molar-refractivity contribution in [3.63, 3.8) is 0 Å². The summed E-state index contributed by atoms with van der Waals surface area (Å²) in [6, 6.07) is 12.2. The molecule has 1 fully saturated rings. The SMILES string of the molecule is C[C@@]1(c2ccc3sccc3c2)CC(=O)C(Cc2ccncc2)C(=N)N1. The molecule has 0 spiro atoms. The maximum Gasteiger partial charge on any atom is 0.146 e. The van der Waals surface area contributed by atoms with Crippen LogP contribution < -0.4 is 5.32 Å². The summed E-state index contributed by atoms with van der Waals surface area (Å²) >= 11 is 1.71. The van der Waals surface area contributed by atoms with Crippen LogP contribution in [0.5, 0.6) is 0 Å². The minimum Gasteiger partial charge on any atom is -0.364 e. The summed E-state index contributed by atoms with van der Waals surface area (Å²) < 4.78 is 1.24. The Hall–Kier alpha value is -2.53. The van der Waals surface area contributed by atoms with Gasteiger partial charge >= 0.3 is 0 Å². The fraction of sp³-hybridized carbons (Fsp3) is 0.250. The highest BCUT2D eigenvalue weighted by Crippen LogP contribution is 2.34. The summed E-state index contributed by atoms with van der Waals surface area (Å²) in [5, 5.41) is 15.0. The smallest absolute Gasteiger partial charge is 0.146 e. The first-order chi connectivity index (χ1) is 12.0. The number of rotatable bonds is 3. The fourth-order valence-electron chi connectivity index (χ4n) is 3.52. The molecular formula is C20H19N3OS. The van der Waals surface area contributed by atoms with Crippen molar-refractivity contribution in [1.82, 2.24) is 10.3 Å². The van der Waals surface area contributed by atoms with Gasteiger partial charge in [-0.05, 0) is 65.6 Å². The molecule has 0 radical (unpaired) electrons. The van der Waals surface area contributed by atoms with E-state index >= 15 is 0 Å². The Balaban J connectivity index is 1.59. The van der Waals surface area contributed by atoms with E-state index in [1.165, 1.54) is 10.1 Å². The van der Waals surface area contributed by atoms with Crippen LogP contribution in [0.4, 0.5) is 0 Å². The van der Waals surface area contributed by atoms with Crippen LogP contribution in [0.15, 0.2) is 54.2 Å². The summed E-state index contributed by atoms with van der Waals surface area (Å²) in [6.07, 6.45) is 4.38. The van der Waals surface area contributed by atoms with Crippen molar-refractivity contribution in [3.05, 3.63) is 65.3 Å². The van der Waals surface area contributed by atoms with Crippen molar-refractivity contribution in [3.8, 4) is 0 Å². The van der Waals surface area contributed by atoms with Crippen LogP contribution in [0, 0.1) is 11.3 Å². The van der Waals surface area contributed by atoms with Crippen molar-refractivity contribution in [1.29, 1.82) is 5.41 Å². The third kappa shape index (κ3) is 2.96. The van der Waals surface area contributed by atoms with Crippen molar-refractivity contribution in [2.75, 3.05) is 0 Å². The first kappa shape index (κ1) is 16.0. The number of nitrogens with zero attached hydrogens (tertiary/aromatic N) is 1. The lowest BCUT2D eigenvalue weighted by Gasteiger charge is -2.39. The second-order valence-electron chi connectivity index (χ2n) is 6.80. The van der Waals surface area contributed by atoms with Crippen molar-refractivity contribution in [2.45, 2.75) is 25.3 Å². The number of aromatic nitrogens is 1. The number of Topliss-reactive ketones (excluding diaryl/α,β-unsaturated/α-hetero) is 1. The molecule has 3 heterocycles. The average Bonchev–Trinajstić information content (AvgIpc) is 3.07. The molecule has 0 saturated carbocycles. The molecule has 4 rings (SSSR count). The van der Waals surface area contributed by atoms with Gasteiger partial charge < -0.3 is 5.32 Å². The van der Waals surface area contributed by atoms with Crippen molar-refractivity contribution in [2.24, 2.45) is 5.92 Å². The van der Waals surface area contributed by atoms with Crippen LogP contribution in [0.1, 0.15) is 24.5 Å². The van der Waals surface area contributed by atoms with E-state index in [0.717, 1.165) is 11.1 Å². The van der Waals surface area contributed by atoms with Crippen molar-refractivity contribution >= 4 is 33.0 Å². The number of benzene rings is 1. The van der Waals surface area contributed by atoms with E-state index in [-0.39, 0.29) is 5.78 Å². The zero-order valence-electron chi connectivity index (χ0n) is 14.0. The van der Waals surface area contributed by atoms with Crippen LogP contribution in [0.25, 0.3) is 10.1 Å². The van der Waals surface area contributed by atoms with E-state index in [0.29, 0.717) is 18.7 Å². The molecule has 2 N–H and O–H groups in total. The van der Waals surface area contributed by atoms with Gasteiger partial charge in [-0.2, -0.15) is 0 Å². The summed E-state index contributed by atoms with van der Waals surface area (Å²) in [5.74, 6) is 0.0230. The highest BCUT2D eigenvalue weighted by molar-refractivity contribution is 7.17. The van der Waals surface area contributed by atoms with Crippen molar-refractivity contribution < 1.29 is 4.79 Å². The first-order valence-corrected chi connectivity index (χ1v) is 9.19. The number of thiophene rings is 1. The van der Waals surface area contributed by atoms with E-state index in [1.54, 1.807) is 23.7 Å². The van der Waals surface area contributed by atoms with Crippen LogP contribution in [-0.4, -0.2) is 16.6 Å². The number of fused-ring (bicyclic) bond motifs is 1. The minimum absolute atomic E-state index is 0.119. The quantitative estimate of drug-likeness (QED) is 0.753. The lowest BCUT2D eigenvalue weighted by Crippen LogP contribution is -2.54. The maximum atomic E-state index is 12.8. The molecule has 1 unspecified atom stereocenters. The van der Waals surface area contributed by atoms with Crippen LogP contribution >= 0.6 is 11.3 Å². The van der Waals surface area contributed by atoms with Gasteiger partial charge in [-0.3, -0.25) is 15.2 Å². The normalized spacial score (nSPS) is 23.6. The Bertz CT molecular complexity index is 930. The van der Waals surface area contributed by atoms with Gasteiger partial charge in [0.1, 0.15) is 11.6 Å². The molecule has 1 aliphatic heterocycles. The monoisotopic (exact) mass is 349 g/mol. The summed E-state index contributed by atoms with van der Waals surface area (Å²) in [6.45, 7) is 2.01. The molecule has 2 atom stereocenters. The van der Waals surface area contributed by atoms with Gasteiger partial charge in [0.05, 0.1) is 11.5 Å². The molecule has 5 heteroatoms. The van der Waals surface area contributed by atoms with E-state index < -0.39 is 11.5 Å². The highest BCUT2D eigenvalue weighted by Gasteiger charge is 2.40. The van der Waals surface area contributed by atoms with E-state index in [1.807, 2.05) is 19.1 Å². The van der Waals surface area contributed by atoms with Crippen LogP contribution in [-0.2, 0) is 16.8 Å². The second-order valence-corrected chi connectivity index (χ2v) is 7.75. The predicted molar refractivity (Wildman–Crippen MR) is 101 cm³/mol. The standard InChI is InChI=1S/C20H19N3OS/c1-20(15-2-3-18-14(11-15)6-9-25-18)12-17(24)16(19(21)23-20)10-13-4-7-22-8-5-13/h2-9,11,16H,10,12H2,1H3,(H2,21,23)/t16?,20-/m0/s1. The van der Waals surface area contributed by atoms with Gasteiger partial charge in [-0.25, -0.2) is 0 Å². The number of hydrogen-bond acceptors (Lipinski definition) is 4. The van der Waals surface area contributed by atoms with Gasteiger partial charge in [-0.15, -0.1) is 11.3 Å². The lowest BCUT2D eigenvalue weighted by molar-refractivity contribution is -0.123. The molecule has 0 bridgehead atoms. The topological polar surface area (TPSA) is 65.8 Å². The van der Waals surface area contributed by atoms with Crippen LogP contribution in [0.3, 0.4) is 0 Å². The third-order valence-electron chi connectivity index (χ3n) is 4.95. The third-order valence-corrected chi connectivity index (χ3v) is 5.85. The second kappa shape index (κ2) is 6.08. The first-order valence-electron chi connectivity index (χ1n) is 8.31. The summed E-state index contributed by atoms with van der Waals surface area (Å²) in [4.78, 5) is 16.8. The van der Waals surface area contributed by atoms with Gasteiger partial charge in [0, 0.05) is 23.5 Å². The van der Waals surface area contributed by atoms with Crippen LogP contribution in [0.2, 0.25) is 0 Å². The molecule has 1 aromatic carbocycles. The fourth-order valence-corrected chi connectivity index (χ4v) is 4.29. The Kier molecular flexibility index (Phi) is 3.88. The number of piperidine rings is 1. The maximum absolute atomic E-state index is 12.8. The lowest BCUT2D eigenvalue weighted by atomic mass is 9.77. The number of pyridine rings is 1. The minimum atomic E-state index is -0.529. The molecule has 1 aliphatic rings. The summed E-state index contributed by atoms with van der Waals surface area (Å²) in [7, 11) is 0. The number of ketones is 1.